The SMILES string of the molecule is O=C(NCc1nc(C(=O)O)co1)OCc1ccccc1. The molecule has 1 heterocycles. The van der Waals surface area contributed by atoms with E-state index in [1.54, 1.807) is 0 Å². The Balaban J connectivity index is 1.76. The minimum Gasteiger partial charge on any atom is -0.476 e. The molecular formula is C13H12N2O5. The monoisotopic (exact) mass is 276 g/mol. The van der Waals surface area contributed by atoms with Crippen molar-refractivity contribution in [2.75, 3.05) is 0 Å². The van der Waals surface area contributed by atoms with Gasteiger partial charge in [-0.2, -0.15) is 0 Å². The molecule has 0 saturated carbocycles. The molecule has 0 saturated heterocycles. The van der Waals surface area contributed by atoms with Gasteiger partial charge in [-0.1, -0.05) is 30.3 Å². The lowest BCUT2D eigenvalue weighted by molar-refractivity contribution is 0.0690. The molecule has 0 radical (unpaired) electrons. The molecule has 0 spiro atoms. The first kappa shape index (κ1) is 13.6. The van der Waals surface area contributed by atoms with E-state index in [1.165, 1.54) is 0 Å². The first-order valence-electron chi connectivity index (χ1n) is 5.77. The van der Waals surface area contributed by atoms with Gasteiger partial charge in [0.25, 0.3) is 0 Å². The van der Waals surface area contributed by atoms with Gasteiger partial charge < -0.3 is 19.6 Å². The van der Waals surface area contributed by atoms with Gasteiger partial charge in [0.05, 0.1) is 6.54 Å². The Morgan fingerprint density at radius 2 is 2.05 bits per heavy atom. The van der Waals surface area contributed by atoms with E-state index in [4.69, 9.17) is 14.3 Å². The zero-order valence-corrected chi connectivity index (χ0v) is 10.4. The number of alkyl carbamates (subject to hydrolysis) is 1. The second-order valence-electron chi connectivity index (χ2n) is 3.85. The van der Waals surface area contributed by atoms with E-state index in [0.717, 1.165) is 11.8 Å². The predicted octanol–water partition coefficient (Wildman–Crippen LogP) is 1.80. The topological polar surface area (TPSA) is 102 Å². The summed E-state index contributed by atoms with van der Waals surface area (Å²) in [7, 11) is 0. The number of carbonyl (C=O) groups is 2. The zero-order valence-electron chi connectivity index (χ0n) is 10.4. The van der Waals surface area contributed by atoms with Crippen molar-refractivity contribution in [3.05, 3.63) is 53.7 Å². The molecule has 1 aromatic heterocycles. The fraction of sp³-hybridized carbons (Fsp3) is 0.154. The van der Waals surface area contributed by atoms with Gasteiger partial charge in [-0.15, -0.1) is 0 Å². The summed E-state index contributed by atoms with van der Waals surface area (Å²) in [6.07, 6.45) is 0.373. The van der Waals surface area contributed by atoms with Gasteiger partial charge >= 0.3 is 12.1 Å². The van der Waals surface area contributed by atoms with E-state index in [-0.39, 0.29) is 24.7 Å². The molecule has 0 fully saturated rings. The van der Waals surface area contributed by atoms with Crippen molar-refractivity contribution >= 4 is 12.1 Å². The van der Waals surface area contributed by atoms with Crippen molar-refractivity contribution in [3.63, 3.8) is 0 Å². The van der Waals surface area contributed by atoms with Crippen LogP contribution in [0.25, 0.3) is 0 Å². The summed E-state index contributed by atoms with van der Waals surface area (Å²) in [6.45, 7) is 0.111. The third-order valence-corrected chi connectivity index (χ3v) is 2.37. The normalized spacial score (nSPS) is 10.0. The molecule has 7 nitrogen and oxygen atoms in total. The fourth-order valence-corrected chi connectivity index (χ4v) is 1.41. The summed E-state index contributed by atoms with van der Waals surface area (Å²) in [6, 6.07) is 9.22. The maximum atomic E-state index is 11.4. The number of hydrogen-bond acceptors (Lipinski definition) is 5. The Bertz CT molecular complexity index is 594. The Morgan fingerprint density at radius 3 is 2.70 bits per heavy atom. The summed E-state index contributed by atoms with van der Waals surface area (Å²) < 4.78 is 9.85. The molecular weight excluding hydrogens is 264 g/mol. The number of oxazole rings is 1. The third-order valence-electron chi connectivity index (χ3n) is 2.37. The Labute approximate surface area is 114 Å². The Morgan fingerprint density at radius 1 is 1.30 bits per heavy atom. The van der Waals surface area contributed by atoms with Crippen LogP contribution < -0.4 is 5.32 Å². The van der Waals surface area contributed by atoms with E-state index < -0.39 is 12.1 Å². The van der Waals surface area contributed by atoms with Crippen LogP contribution in [0, 0.1) is 0 Å². The molecule has 0 aliphatic rings. The van der Waals surface area contributed by atoms with Crippen LogP contribution in [-0.2, 0) is 17.9 Å². The molecule has 20 heavy (non-hydrogen) atoms. The molecule has 7 heteroatoms. The highest BCUT2D eigenvalue weighted by atomic mass is 16.5. The molecule has 1 amide bonds. The smallest absolute Gasteiger partial charge is 0.407 e. The predicted molar refractivity (Wildman–Crippen MR) is 66.9 cm³/mol. The standard InChI is InChI=1S/C13H12N2O5/c16-12(17)10-8-19-11(15-10)6-14-13(18)20-7-9-4-2-1-3-5-9/h1-5,8H,6-7H2,(H,14,18)(H,16,17). The van der Waals surface area contributed by atoms with E-state index in [9.17, 15) is 9.59 Å². The molecule has 104 valence electrons. The van der Waals surface area contributed by atoms with Crippen LogP contribution in [0.3, 0.4) is 0 Å². The number of carbonyl (C=O) groups excluding carboxylic acids is 1. The van der Waals surface area contributed by atoms with Crippen molar-refractivity contribution in [3.8, 4) is 0 Å². The minimum atomic E-state index is -1.19. The van der Waals surface area contributed by atoms with Crippen molar-refractivity contribution in [2.45, 2.75) is 13.2 Å². The van der Waals surface area contributed by atoms with Gasteiger partial charge in [0.2, 0.25) is 5.89 Å². The number of rotatable bonds is 5. The zero-order chi connectivity index (χ0) is 14.4. The molecule has 2 rings (SSSR count). The third kappa shape index (κ3) is 3.84. The van der Waals surface area contributed by atoms with Gasteiger partial charge in [0.1, 0.15) is 12.9 Å². The van der Waals surface area contributed by atoms with Crippen molar-refractivity contribution in [2.24, 2.45) is 0 Å². The van der Waals surface area contributed by atoms with Gasteiger partial charge in [0.15, 0.2) is 5.69 Å². The summed E-state index contributed by atoms with van der Waals surface area (Å²) in [5.41, 5.74) is 0.659. The highest BCUT2D eigenvalue weighted by Gasteiger charge is 2.11. The molecule has 1 aromatic carbocycles. The highest BCUT2D eigenvalue weighted by Crippen LogP contribution is 2.03. The van der Waals surface area contributed by atoms with Crippen LogP contribution in [0.5, 0.6) is 0 Å². The Hall–Kier alpha value is -2.83. The van der Waals surface area contributed by atoms with Crippen molar-refractivity contribution in [1.82, 2.24) is 10.3 Å². The van der Waals surface area contributed by atoms with Crippen LogP contribution in [-0.4, -0.2) is 22.2 Å². The lowest BCUT2D eigenvalue weighted by atomic mass is 10.2. The van der Waals surface area contributed by atoms with Gasteiger partial charge in [-0.3, -0.25) is 0 Å². The van der Waals surface area contributed by atoms with Crippen LogP contribution in [0.15, 0.2) is 41.0 Å². The number of benzene rings is 1. The molecule has 0 aliphatic heterocycles. The molecule has 2 N–H and O–H groups in total. The molecule has 0 bridgehead atoms. The summed E-state index contributed by atoms with van der Waals surface area (Å²) in [5, 5.41) is 11.1. The maximum Gasteiger partial charge on any atom is 0.407 e. The van der Waals surface area contributed by atoms with E-state index >= 15 is 0 Å². The largest absolute Gasteiger partial charge is 0.476 e. The van der Waals surface area contributed by atoms with Gasteiger partial charge in [-0.25, -0.2) is 14.6 Å². The average Bonchev–Trinajstić information content (AvgIpc) is 2.93. The lowest BCUT2D eigenvalue weighted by Crippen LogP contribution is -2.23. The quantitative estimate of drug-likeness (QED) is 0.863. The number of aromatic nitrogens is 1. The second-order valence-corrected chi connectivity index (χ2v) is 3.85. The number of ether oxygens (including phenoxy) is 1. The van der Waals surface area contributed by atoms with E-state index in [1.807, 2.05) is 30.3 Å². The van der Waals surface area contributed by atoms with Crippen LogP contribution in [0.1, 0.15) is 21.9 Å². The maximum absolute atomic E-state index is 11.4. The number of nitrogens with one attached hydrogen (secondary N) is 1. The number of hydrogen-bond donors (Lipinski definition) is 2. The summed E-state index contributed by atoms with van der Waals surface area (Å²) >= 11 is 0. The van der Waals surface area contributed by atoms with Gasteiger partial charge in [-0.05, 0) is 5.56 Å². The van der Waals surface area contributed by atoms with Crippen LogP contribution in [0.2, 0.25) is 0 Å². The number of nitrogens with zero attached hydrogens (tertiary/aromatic N) is 1. The lowest BCUT2D eigenvalue weighted by Gasteiger charge is -2.05. The number of carboxylic acids is 1. The molecule has 0 aliphatic carbocycles. The fourth-order valence-electron chi connectivity index (χ4n) is 1.41. The molecule has 0 atom stereocenters. The van der Waals surface area contributed by atoms with Crippen molar-refractivity contribution < 1.29 is 23.8 Å². The number of carboxylic acid groups (broad SMARTS) is 1. The number of aromatic carboxylic acids is 1. The second kappa shape index (κ2) is 6.37. The molecule has 0 unspecified atom stereocenters. The summed E-state index contributed by atoms with van der Waals surface area (Å²) in [4.78, 5) is 25.7. The first-order chi connectivity index (χ1) is 9.65. The minimum absolute atomic E-state index is 0.0408. The highest BCUT2D eigenvalue weighted by molar-refractivity contribution is 5.84. The van der Waals surface area contributed by atoms with Crippen molar-refractivity contribution in [1.29, 1.82) is 0 Å². The van der Waals surface area contributed by atoms with E-state index in [2.05, 4.69) is 10.3 Å². The number of amides is 1. The summed E-state index contributed by atoms with van der Waals surface area (Å²) in [5.74, 6) is -1.09. The van der Waals surface area contributed by atoms with Crippen LogP contribution in [0.4, 0.5) is 4.79 Å². The molecule has 2 aromatic rings. The van der Waals surface area contributed by atoms with E-state index in [0.29, 0.717) is 0 Å². The Kier molecular flexibility index (Phi) is 4.33. The van der Waals surface area contributed by atoms with Crippen LogP contribution >= 0.6 is 0 Å². The van der Waals surface area contributed by atoms with Gasteiger partial charge in [0, 0.05) is 0 Å². The first-order valence-corrected chi connectivity index (χ1v) is 5.77. The average molecular weight is 276 g/mol.